The summed E-state index contributed by atoms with van der Waals surface area (Å²) in [5, 5.41) is 9.47. The van der Waals surface area contributed by atoms with E-state index >= 15 is 0 Å². The lowest BCUT2D eigenvalue weighted by molar-refractivity contribution is -0.0189. The molecule has 180 valence electrons. The van der Waals surface area contributed by atoms with Gasteiger partial charge >= 0.3 is 0 Å². The smallest absolute Gasteiger partial charge is 0.189 e. The zero-order chi connectivity index (χ0) is 23.5. The summed E-state index contributed by atoms with van der Waals surface area (Å²) in [6.07, 6.45) is 11.1. The summed E-state index contributed by atoms with van der Waals surface area (Å²) in [5.41, 5.74) is 2.85. The quantitative estimate of drug-likeness (QED) is 0.211. The lowest BCUT2D eigenvalue weighted by Gasteiger charge is -2.57. The van der Waals surface area contributed by atoms with Gasteiger partial charge in [0.2, 0.25) is 0 Å². The second-order valence-electron chi connectivity index (χ2n) is 10.4. The maximum atomic E-state index is 13.1. The molecule has 6 rings (SSSR count). The summed E-state index contributed by atoms with van der Waals surface area (Å²) in [7, 11) is 1.65. The first-order valence-corrected chi connectivity index (χ1v) is 12.4. The molecule has 5 heteroatoms. The van der Waals surface area contributed by atoms with Gasteiger partial charge in [-0.25, -0.2) is 0 Å². The first-order valence-electron chi connectivity index (χ1n) is 12.4. The molecule has 4 fully saturated rings. The van der Waals surface area contributed by atoms with E-state index in [1.54, 1.807) is 43.5 Å². The highest BCUT2D eigenvalue weighted by atomic mass is 16.7. The van der Waals surface area contributed by atoms with E-state index in [0.717, 1.165) is 29.1 Å². The Hall–Kier alpha value is -2.63. The van der Waals surface area contributed by atoms with E-state index in [4.69, 9.17) is 14.2 Å². The lowest BCUT2D eigenvalue weighted by Crippen LogP contribution is -2.48. The number of rotatable bonds is 10. The first-order chi connectivity index (χ1) is 16.5. The van der Waals surface area contributed by atoms with Gasteiger partial charge in [-0.05, 0) is 104 Å². The highest BCUT2D eigenvalue weighted by Crippen LogP contribution is 2.62. The molecule has 4 aliphatic rings. The number of benzene rings is 2. The van der Waals surface area contributed by atoms with Crippen molar-refractivity contribution in [2.45, 2.75) is 43.9 Å². The summed E-state index contributed by atoms with van der Waals surface area (Å²) >= 11 is 0. The van der Waals surface area contributed by atoms with Crippen molar-refractivity contribution in [1.29, 1.82) is 0 Å². The monoisotopic (exact) mass is 462 g/mol. The molecule has 5 nitrogen and oxygen atoms in total. The van der Waals surface area contributed by atoms with Gasteiger partial charge in [0, 0.05) is 18.2 Å². The largest absolute Gasteiger partial charge is 0.508 e. The van der Waals surface area contributed by atoms with E-state index < -0.39 is 0 Å². The summed E-state index contributed by atoms with van der Waals surface area (Å²) in [4.78, 5) is 13.1. The molecule has 34 heavy (non-hydrogen) atoms. The van der Waals surface area contributed by atoms with Crippen LogP contribution in [-0.4, -0.2) is 38.0 Å². The molecule has 4 bridgehead atoms. The van der Waals surface area contributed by atoms with Crippen LogP contribution in [0.15, 0.2) is 48.5 Å². The highest BCUT2D eigenvalue weighted by Gasteiger charge is 2.52. The van der Waals surface area contributed by atoms with Crippen LogP contribution in [0.2, 0.25) is 0 Å². The predicted molar refractivity (Wildman–Crippen MR) is 131 cm³/mol. The third-order valence-electron chi connectivity index (χ3n) is 7.92. The van der Waals surface area contributed by atoms with Gasteiger partial charge in [0.1, 0.15) is 11.5 Å². The van der Waals surface area contributed by atoms with E-state index in [1.807, 2.05) is 12.1 Å². The number of hydrogen-bond donors (Lipinski definition) is 1. The Morgan fingerprint density at radius 3 is 2.32 bits per heavy atom. The molecule has 0 radical (unpaired) electrons. The molecule has 0 spiro atoms. The molecule has 4 aliphatic carbocycles. The number of allylic oxidation sites excluding steroid dienone is 1. The topological polar surface area (TPSA) is 65.0 Å². The molecule has 0 unspecified atom stereocenters. The summed E-state index contributed by atoms with van der Waals surface area (Å²) in [6.45, 7) is 1.20. The van der Waals surface area contributed by atoms with E-state index in [-0.39, 0.29) is 23.7 Å². The molecule has 0 amide bonds. The summed E-state index contributed by atoms with van der Waals surface area (Å²) < 4.78 is 16.7. The van der Waals surface area contributed by atoms with Gasteiger partial charge in [-0.1, -0.05) is 18.2 Å². The second-order valence-corrected chi connectivity index (χ2v) is 10.4. The van der Waals surface area contributed by atoms with E-state index in [1.165, 1.54) is 44.1 Å². The molecule has 4 saturated carbocycles. The van der Waals surface area contributed by atoms with Crippen LogP contribution in [0.1, 0.15) is 60.0 Å². The Labute approximate surface area is 201 Å². The minimum Gasteiger partial charge on any atom is -0.508 e. The van der Waals surface area contributed by atoms with Crippen LogP contribution in [0.25, 0.3) is 6.08 Å². The number of carbonyl (C=O) groups excluding carboxylic acids is 1. The van der Waals surface area contributed by atoms with Crippen LogP contribution in [0.3, 0.4) is 0 Å². The van der Waals surface area contributed by atoms with Gasteiger partial charge in [0.05, 0.1) is 13.2 Å². The molecule has 0 aliphatic heterocycles. The normalized spacial score (nSPS) is 27.4. The van der Waals surface area contributed by atoms with Gasteiger partial charge in [-0.2, -0.15) is 0 Å². The van der Waals surface area contributed by atoms with Crippen molar-refractivity contribution in [3.63, 3.8) is 0 Å². The minimum absolute atomic E-state index is 0.0260. The van der Waals surface area contributed by atoms with Gasteiger partial charge in [0.15, 0.2) is 12.6 Å². The Kier molecular flexibility index (Phi) is 6.75. The van der Waals surface area contributed by atoms with Crippen LogP contribution in [-0.2, 0) is 14.9 Å². The van der Waals surface area contributed by atoms with Crippen molar-refractivity contribution in [2.75, 3.05) is 27.1 Å². The fourth-order valence-electron chi connectivity index (χ4n) is 6.82. The SMILES string of the molecule is COCCOCOc1ccc(C(=O)/C=C/c2ccc(O)cc2)cc1C12CC3CC(CC(C3)C1)C2. The summed E-state index contributed by atoms with van der Waals surface area (Å²) in [6, 6.07) is 12.7. The van der Waals surface area contributed by atoms with Crippen molar-refractivity contribution in [3.8, 4) is 11.5 Å². The van der Waals surface area contributed by atoms with Crippen LogP contribution < -0.4 is 4.74 Å². The molecule has 0 atom stereocenters. The average molecular weight is 463 g/mol. The Morgan fingerprint density at radius 1 is 1.00 bits per heavy atom. The molecule has 0 saturated heterocycles. The predicted octanol–water partition coefficient (Wildman–Crippen LogP) is 5.76. The van der Waals surface area contributed by atoms with Crippen LogP contribution in [0, 0.1) is 17.8 Å². The van der Waals surface area contributed by atoms with Crippen molar-refractivity contribution < 1.29 is 24.1 Å². The summed E-state index contributed by atoms with van der Waals surface area (Å²) in [5.74, 6) is 3.42. The van der Waals surface area contributed by atoms with Crippen molar-refractivity contribution in [2.24, 2.45) is 17.8 Å². The number of phenolic OH excluding ortho intramolecular Hbond substituents is 1. The number of ether oxygens (including phenoxy) is 3. The zero-order valence-corrected chi connectivity index (χ0v) is 19.9. The third-order valence-corrected chi connectivity index (χ3v) is 7.92. The number of ketones is 1. The molecular formula is C29H34O5. The van der Waals surface area contributed by atoms with Gasteiger partial charge in [-0.15, -0.1) is 0 Å². The second kappa shape index (κ2) is 9.93. The number of hydrogen-bond acceptors (Lipinski definition) is 5. The average Bonchev–Trinajstić information content (AvgIpc) is 2.82. The zero-order valence-electron chi connectivity index (χ0n) is 19.9. The van der Waals surface area contributed by atoms with Gasteiger partial charge < -0.3 is 19.3 Å². The lowest BCUT2D eigenvalue weighted by atomic mass is 9.48. The first kappa shape index (κ1) is 23.1. The van der Waals surface area contributed by atoms with Crippen molar-refractivity contribution >= 4 is 11.9 Å². The molecule has 2 aromatic carbocycles. The van der Waals surface area contributed by atoms with Crippen LogP contribution in [0.4, 0.5) is 0 Å². The van der Waals surface area contributed by atoms with Crippen molar-refractivity contribution in [3.05, 3.63) is 65.2 Å². The number of phenols is 1. The van der Waals surface area contributed by atoms with Gasteiger partial charge in [0.25, 0.3) is 0 Å². The number of carbonyl (C=O) groups is 1. The molecule has 1 N–H and O–H groups in total. The van der Waals surface area contributed by atoms with E-state index in [2.05, 4.69) is 6.07 Å². The van der Waals surface area contributed by atoms with E-state index in [9.17, 15) is 9.90 Å². The molecule has 0 heterocycles. The van der Waals surface area contributed by atoms with Crippen LogP contribution in [0.5, 0.6) is 11.5 Å². The fourth-order valence-corrected chi connectivity index (χ4v) is 6.82. The third kappa shape index (κ3) is 4.91. The van der Waals surface area contributed by atoms with Crippen molar-refractivity contribution in [1.82, 2.24) is 0 Å². The standard InChI is InChI=1S/C29H34O5/c1-32-10-11-33-19-34-28-9-5-24(27(31)8-4-20-2-6-25(30)7-3-20)15-26(28)29-16-21-12-22(17-29)14-23(13-21)18-29/h2-9,15,21-23,30H,10-14,16-19H2,1H3/b8-4+. The Morgan fingerprint density at radius 2 is 1.68 bits per heavy atom. The van der Waals surface area contributed by atoms with Crippen LogP contribution >= 0.6 is 0 Å². The highest BCUT2D eigenvalue weighted by molar-refractivity contribution is 6.07. The number of methoxy groups -OCH3 is 1. The maximum absolute atomic E-state index is 13.1. The fraction of sp³-hybridized carbons (Fsp3) is 0.483. The van der Waals surface area contributed by atoms with Gasteiger partial charge in [-0.3, -0.25) is 4.79 Å². The molecule has 2 aromatic rings. The Bertz CT molecular complexity index is 1000. The Balaban J connectivity index is 1.40. The maximum Gasteiger partial charge on any atom is 0.189 e. The van der Waals surface area contributed by atoms with E-state index in [0.29, 0.717) is 18.8 Å². The molecular weight excluding hydrogens is 428 g/mol. The number of aromatic hydroxyl groups is 1. The minimum atomic E-state index is -0.0260. The molecule has 0 aromatic heterocycles.